The molecule has 1 aromatic rings. The van der Waals surface area contributed by atoms with Crippen molar-refractivity contribution in [2.24, 2.45) is 10.8 Å². The van der Waals surface area contributed by atoms with Crippen LogP contribution in [0.2, 0.25) is 5.02 Å². The molecule has 1 saturated heterocycles. The minimum absolute atomic E-state index is 0.109. The van der Waals surface area contributed by atoms with Gasteiger partial charge in [0.25, 0.3) is 0 Å². The summed E-state index contributed by atoms with van der Waals surface area (Å²) in [5.41, 5.74) is 0.0761. The summed E-state index contributed by atoms with van der Waals surface area (Å²) in [4.78, 5) is 13.0. The lowest BCUT2D eigenvalue weighted by Crippen LogP contribution is -2.53. The normalized spacial score (nSPS) is 28.9. The number of aliphatic hydroxyl groups is 1. The summed E-state index contributed by atoms with van der Waals surface area (Å²) in [5.74, 6) is -0.471. The number of halogens is 1. The first-order valence-corrected chi connectivity index (χ1v) is 8.83. The molecule has 1 saturated carbocycles. The van der Waals surface area contributed by atoms with E-state index in [0.29, 0.717) is 37.5 Å². The maximum Gasteiger partial charge on any atom is 0.162 e. The zero-order valence-electron chi connectivity index (χ0n) is 14.3. The molecule has 132 valence electrons. The summed E-state index contributed by atoms with van der Waals surface area (Å²) in [6.45, 7) is 4.73. The van der Waals surface area contributed by atoms with Gasteiger partial charge in [-0.2, -0.15) is 0 Å². The minimum Gasteiger partial charge on any atom is -0.395 e. The number of rotatable bonds is 3. The van der Waals surface area contributed by atoms with Crippen LogP contribution in [-0.2, 0) is 20.7 Å². The highest BCUT2D eigenvalue weighted by Crippen LogP contribution is 2.47. The van der Waals surface area contributed by atoms with Gasteiger partial charge in [0, 0.05) is 16.9 Å². The average molecular weight is 353 g/mol. The fourth-order valence-corrected chi connectivity index (χ4v) is 3.77. The molecule has 1 aliphatic carbocycles. The van der Waals surface area contributed by atoms with Crippen LogP contribution in [0.3, 0.4) is 0 Å². The molecule has 1 N–H and O–H groups in total. The first kappa shape index (κ1) is 17.9. The summed E-state index contributed by atoms with van der Waals surface area (Å²) in [6.07, 6.45) is 2.42. The molecule has 2 fully saturated rings. The van der Waals surface area contributed by atoms with Crippen molar-refractivity contribution in [3.8, 4) is 0 Å². The summed E-state index contributed by atoms with van der Waals surface area (Å²) >= 11 is 5.93. The number of carbonyl (C=O) groups is 1. The Morgan fingerprint density at radius 2 is 1.75 bits per heavy atom. The number of benzene rings is 1. The van der Waals surface area contributed by atoms with Gasteiger partial charge in [0.15, 0.2) is 5.79 Å². The van der Waals surface area contributed by atoms with Gasteiger partial charge >= 0.3 is 0 Å². The van der Waals surface area contributed by atoms with Gasteiger partial charge in [0.2, 0.25) is 0 Å². The lowest BCUT2D eigenvalue weighted by atomic mass is 9.61. The Bertz CT molecular complexity index is 600. The maximum atomic E-state index is 13.0. The van der Waals surface area contributed by atoms with E-state index in [4.69, 9.17) is 21.1 Å². The van der Waals surface area contributed by atoms with Crippen molar-refractivity contribution >= 4 is 17.4 Å². The number of hydrogen-bond acceptors (Lipinski definition) is 4. The second-order valence-corrected chi connectivity index (χ2v) is 8.26. The van der Waals surface area contributed by atoms with Crippen LogP contribution in [0.4, 0.5) is 0 Å². The molecule has 4 nitrogen and oxygen atoms in total. The van der Waals surface area contributed by atoms with Gasteiger partial charge in [0.1, 0.15) is 5.78 Å². The topological polar surface area (TPSA) is 55.8 Å². The number of hydrogen-bond donors (Lipinski definition) is 1. The largest absolute Gasteiger partial charge is 0.395 e. The molecular formula is C19H25ClO4. The first-order valence-electron chi connectivity index (χ1n) is 8.45. The molecule has 3 rings (SSSR count). The van der Waals surface area contributed by atoms with Gasteiger partial charge in [-0.3, -0.25) is 4.79 Å². The highest BCUT2D eigenvalue weighted by molar-refractivity contribution is 6.30. The van der Waals surface area contributed by atoms with E-state index < -0.39 is 11.2 Å². The van der Waals surface area contributed by atoms with E-state index in [1.54, 1.807) is 0 Å². The zero-order chi connectivity index (χ0) is 17.4. The van der Waals surface area contributed by atoms with Crippen molar-refractivity contribution < 1.29 is 19.4 Å². The van der Waals surface area contributed by atoms with E-state index in [1.807, 2.05) is 38.1 Å². The van der Waals surface area contributed by atoms with Crippen LogP contribution in [0, 0.1) is 10.8 Å². The van der Waals surface area contributed by atoms with E-state index in [1.165, 1.54) is 0 Å². The monoisotopic (exact) mass is 352 g/mol. The number of ketones is 1. The van der Waals surface area contributed by atoms with Gasteiger partial charge in [-0.25, -0.2) is 0 Å². The smallest absolute Gasteiger partial charge is 0.162 e. The van der Waals surface area contributed by atoms with Crippen molar-refractivity contribution in [3.05, 3.63) is 34.9 Å². The van der Waals surface area contributed by atoms with Crippen molar-refractivity contribution in [2.75, 3.05) is 19.8 Å². The van der Waals surface area contributed by atoms with E-state index in [9.17, 15) is 9.90 Å². The third-order valence-corrected chi connectivity index (χ3v) is 5.72. The first-order chi connectivity index (χ1) is 11.3. The molecule has 24 heavy (non-hydrogen) atoms. The second kappa shape index (κ2) is 6.41. The van der Waals surface area contributed by atoms with Gasteiger partial charge in [-0.15, -0.1) is 0 Å². The van der Waals surface area contributed by atoms with Crippen LogP contribution < -0.4 is 0 Å². The molecule has 0 radical (unpaired) electrons. The Hall–Kier alpha value is -0.940. The van der Waals surface area contributed by atoms with Crippen LogP contribution >= 0.6 is 11.6 Å². The maximum absolute atomic E-state index is 13.0. The molecule has 1 heterocycles. The lowest BCUT2D eigenvalue weighted by Gasteiger charge is -2.49. The average Bonchev–Trinajstić information content (AvgIpc) is 2.56. The highest BCUT2D eigenvalue weighted by Gasteiger charge is 2.51. The lowest BCUT2D eigenvalue weighted by molar-refractivity contribution is -0.290. The van der Waals surface area contributed by atoms with E-state index in [-0.39, 0.29) is 17.8 Å². The van der Waals surface area contributed by atoms with E-state index in [2.05, 4.69) is 0 Å². The molecule has 1 aliphatic heterocycles. The minimum atomic E-state index is -0.702. The van der Waals surface area contributed by atoms with Crippen molar-refractivity contribution in [3.63, 3.8) is 0 Å². The predicted octanol–water partition coefficient (Wildman–Crippen LogP) is 3.38. The third-order valence-electron chi connectivity index (χ3n) is 5.47. The molecular weight excluding hydrogens is 328 g/mol. The molecule has 5 heteroatoms. The second-order valence-electron chi connectivity index (χ2n) is 7.82. The molecule has 2 aliphatic rings. The Kier molecular flexibility index (Phi) is 4.77. The summed E-state index contributed by atoms with van der Waals surface area (Å²) in [6, 6.07) is 7.49. The Balaban J connectivity index is 1.73. The van der Waals surface area contributed by atoms with Gasteiger partial charge in [0.05, 0.1) is 25.2 Å². The fraction of sp³-hybridized carbons (Fsp3) is 0.632. The van der Waals surface area contributed by atoms with Crippen LogP contribution in [-0.4, -0.2) is 36.5 Å². The molecule has 1 aromatic carbocycles. The standard InChI is InChI=1S/C19H25ClO4/c1-17(2)23-12-18(13-24-17)7-8-19(11-21,16(22)10-18)9-14-3-5-15(20)6-4-14/h3-6,21H,7-13H2,1-2H3. The molecule has 1 unspecified atom stereocenters. The number of ether oxygens (including phenoxy) is 2. The Labute approximate surface area is 148 Å². The summed E-state index contributed by atoms with van der Waals surface area (Å²) in [7, 11) is 0. The Morgan fingerprint density at radius 3 is 2.29 bits per heavy atom. The fourth-order valence-electron chi connectivity index (χ4n) is 3.65. The summed E-state index contributed by atoms with van der Waals surface area (Å²) in [5, 5.41) is 10.7. The SMILES string of the molecule is CC1(C)OCC2(CCC(CO)(Cc3ccc(Cl)cc3)C(=O)C2)CO1. The van der Waals surface area contributed by atoms with Crippen LogP contribution in [0.15, 0.2) is 24.3 Å². The van der Waals surface area contributed by atoms with Crippen molar-refractivity contribution in [1.29, 1.82) is 0 Å². The predicted molar refractivity (Wildman–Crippen MR) is 91.9 cm³/mol. The molecule has 0 aromatic heterocycles. The number of Topliss-reactive ketones (excluding diaryl/α,β-unsaturated/α-hetero) is 1. The van der Waals surface area contributed by atoms with Crippen LogP contribution in [0.5, 0.6) is 0 Å². The van der Waals surface area contributed by atoms with E-state index >= 15 is 0 Å². The van der Waals surface area contributed by atoms with Crippen molar-refractivity contribution in [2.45, 2.75) is 45.3 Å². The number of aliphatic hydroxyl groups excluding tert-OH is 1. The number of carbonyl (C=O) groups excluding carboxylic acids is 1. The van der Waals surface area contributed by atoms with Gasteiger partial charge < -0.3 is 14.6 Å². The highest BCUT2D eigenvalue weighted by atomic mass is 35.5. The van der Waals surface area contributed by atoms with Crippen LogP contribution in [0.25, 0.3) is 0 Å². The summed E-state index contributed by atoms with van der Waals surface area (Å²) < 4.78 is 11.6. The quantitative estimate of drug-likeness (QED) is 0.906. The van der Waals surface area contributed by atoms with Gasteiger partial charge in [-0.1, -0.05) is 23.7 Å². The van der Waals surface area contributed by atoms with Crippen LogP contribution in [0.1, 0.15) is 38.7 Å². The zero-order valence-corrected chi connectivity index (χ0v) is 15.1. The Morgan fingerprint density at radius 1 is 1.12 bits per heavy atom. The third kappa shape index (κ3) is 3.52. The molecule has 1 atom stereocenters. The van der Waals surface area contributed by atoms with Crippen molar-refractivity contribution in [1.82, 2.24) is 0 Å². The molecule has 1 spiro atoms. The molecule has 0 bridgehead atoms. The van der Waals surface area contributed by atoms with E-state index in [0.717, 1.165) is 12.0 Å². The van der Waals surface area contributed by atoms with Gasteiger partial charge in [-0.05, 0) is 50.8 Å². The molecule has 0 amide bonds.